The summed E-state index contributed by atoms with van der Waals surface area (Å²) in [6, 6.07) is 5.63. The maximum atomic E-state index is 13.3. The summed E-state index contributed by atoms with van der Waals surface area (Å²) in [7, 11) is -2.68. The minimum atomic E-state index is -4.39. The molecule has 3 N–H and O–H groups in total. The van der Waals surface area contributed by atoms with Gasteiger partial charge in [0, 0.05) is 24.4 Å². The second-order valence-corrected chi connectivity index (χ2v) is 9.88. The number of halogens is 3. The van der Waals surface area contributed by atoms with Crippen molar-refractivity contribution in [2.24, 2.45) is 0 Å². The number of likely N-dealkylation sites (tertiary alicyclic amines) is 1. The topological polar surface area (TPSA) is 89.5 Å². The summed E-state index contributed by atoms with van der Waals surface area (Å²) in [6.45, 7) is 0.707. The molecule has 2 aliphatic heterocycles. The summed E-state index contributed by atoms with van der Waals surface area (Å²) in [5.74, 6) is -0.240. The number of nitrogens with one attached hydrogen (secondary N) is 1. The average molecular weight is 429 g/mol. The molecule has 2 aromatic rings. The van der Waals surface area contributed by atoms with E-state index >= 15 is 0 Å². The van der Waals surface area contributed by atoms with Crippen LogP contribution in [0, 0.1) is 0 Å². The van der Waals surface area contributed by atoms with Crippen LogP contribution in [0.25, 0.3) is 0 Å². The third kappa shape index (κ3) is 4.01. The molecule has 0 atom stereocenters. The Balaban J connectivity index is 1.46. The predicted octanol–water partition coefficient (Wildman–Crippen LogP) is 4.26. The van der Waals surface area contributed by atoms with Crippen molar-refractivity contribution in [3.8, 4) is 0 Å². The molecule has 1 aromatic heterocycles. The molecule has 0 spiro atoms. The van der Waals surface area contributed by atoms with Crippen molar-refractivity contribution in [2.75, 3.05) is 18.8 Å². The van der Waals surface area contributed by atoms with Crippen LogP contribution in [0.15, 0.2) is 24.3 Å². The van der Waals surface area contributed by atoms with Crippen molar-refractivity contribution in [1.82, 2.24) is 15.1 Å². The Morgan fingerprint density at radius 2 is 1.90 bits per heavy atom. The van der Waals surface area contributed by atoms with Crippen LogP contribution in [0.1, 0.15) is 51.6 Å². The lowest BCUT2D eigenvalue weighted by Crippen LogP contribution is -2.39. The number of hydrogen-bond acceptors (Lipinski definition) is 4. The summed E-state index contributed by atoms with van der Waals surface area (Å²) in [5, 5.41) is 6.83. The third-order valence-electron chi connectivity index (χ3n) is 5.70. The monoisotopic (exact) mass is 429 g/mol. The molecule has 10 heteroatoms. The van der Waals surface area contributed by atoms with Crippen LogP contribution in [0.2, 0.25) is 0 Å². The maximum absolute atomic E-state index is 13.3. The molecule has 1 aromatic carbocycles. The SMILES string of the molecule is O=C(c1n[nH]c2c1CCS(O)(O)C2)N1CCC(c2ccccc2C(F)(F)F)CC1. The van der Waals surface area contributed by atoms with Crippen LogP contribution in [0.5, 0.6) is 0 Å². The molecule has 1 fully saturated rings. The van der Waals surface area contributed by atoms with Gasteiger partial charge in [-0.3, -0.25) is 19.0 Å². The molecule has 1 amide bonds. The van der Waals surface area contributed by atoms with Gasteiger partial charge in [0.1, 0.15) is 0 Å². The van der Waals surface area contributed by atoms with Crippen molar-refractivity contribution in [2.45, 2.75) is 37.1 Å². The Morgan fingerprint density at radius 3 is 2.59 bits per heavy atom. The van der Waals surface area contributed by atoms with Crippen molar-refractivity contribution < 1.29 is 27.1 Å². The summed E-state index contributed by atoms with van der Waals surface area (Å²) in [4.78, 5) is 14.5. The number of carbonyl (C=O) groups excluding carboxylic acids is 1. The van der Waals surface area contributed by atoms with Crippen molar-refractivity contribution in [1.29, 1.82) is 0 Å². The standard InChI is InChI=1S/C19H22F3N3O3S/c20-19(21,22)15-4-2-1-3-13(15)12-5-8-25(9-6-12)18(26)17-14-7-10-29(27,28)11-16(14)23-24-17/h1-4,12,27-28H,5-11H2,(H,23,24). The van der Waals surface area contributed by atoms with Gasteiger partial charge in [-0.05, 0) is 36.8 Å². The van der Waals surface area contributed by atoms with Crippen molar-refractivity contribution in [3.63, 3.8) is 0 Å². The van der Waals surface area contributed by atoms with E-state index in [1.807, 2.05) is 0 Å². The van der Waals surface area contributed by atoms with Gasteiger partial charge >= 0.3 is 6.18 Å². The van der Waals surface area contributed by atoms with E-state index < -0.39 is 22.3 Å². The zero-order valence-corrected chi connectivity index (χ0v) is 16.4. The summed E-state index contributed by atoms with van der Waals surface area (Å²) >= 11 is 0. The first kappa shape index (κ1) is 20.2. The molecule has 1 saturated heterocycles. The third-order valence-corrected chi connectivity index (χ3v) is 7.31. The maximum Gasteiger partial charge on any atom is 0.416 e. The molecule has 3 heterocycles. The first-order valence-corrected chi connectivity index (χ1v) is 11.3. The Labute approximate surface area is 167 Å². The van der Waals surface area contributed by atoms with E-state index in [1.54, 1.807) is 11.0 Å². The van der Waals surface area contributed by atoms with Crippen LogP contribution >= 0.6 is 10.6 Å². The van der Waals surface area contributed by atoms with Gasteiger partial charge < -0.3 is 4.90 Å². The number of hydrogen-bond donors (Lipinski definition) is 3. The van der Waals surface area contributed by atoms with E-state index in [1.165, 1.54) is 12.1 Å². The molecule has 0 radical (unpaired) electrons. The highest BCUT2D eigenvalue weighted by molar-refractivity contribution is 8.23. The van der Waals surface area contributed by atoms with Gasteiger partial charge in [0.2, 0.25) is 0 Å². The number of benzene rings is 1. The lowest BCUT2D eigenvalue weighted by molar-refractivity contribution is -0.138. The lowest BCUT2D eigenvalue weighted by Gasteiger charge is -2.36. The van der Waals surface area contributed by atoms with Gasteiger partial charge in [0.15, 0.2) is 5.69 Å². The highest BCUT2D eigenvalue weighted by atomic mass is 32.3. The fourth-order valence-corrected chi connectivity index (χ4v) is 5.57. The molecule has 0 bridgehead atoms. The molecular formula is C19H22F3N3O3S. The Morgan fingerprint density at radius 1 is 1.21 bits per heavy atom. The minimum absolute atomic E-state index is 0.0684. The number of rotatable bonds is 2. The van der Waals surface area contributed by atoms with E-state index in [-0.39, 0.29) is 34.6 Å². The number of piperidine rings is 1. The van der Waals surface area contributed by atoms with Gasteiger partial charge in [-0.25, -0.2) is 0 Å². The number of aromatic amines is 1. The van der Waals surface area contributed by atoms with E-state index in [0.717, 1.165) is 6.07 Å². The fourth-order valence-electron chi connectivity index (χ4n) is 4.19. The van der Waals surface area contributed by atoms with Crippen LogP contribution in [0.3, 0.4) is 0 Å². The summed E-state index contributed by atoms with van der Waals surface area (Å²) < 4.78 is 59.6. The zero-order valence-electron chi connectivity index (χ0n) is 15.6. The van der Waals surface area contributed by atoms with Crippen molar-refractivity contribution >= 4 is 16.5 Å². The number of aromatic nitrogens is 2. The first-order valence-electron chi connectivity index (χ1n) is 9.41. The second kappa shape index (κ2) is 7.33. The zero-order chi connectivity index (χ0) is 20.8. The van der Waals surface area contributed by atoms with Gasteiger partial charge in [0.05, 0.1) is 17.0 Å². The largest absolute Gasteiger partial charge is 0.416 e. The number of carbonyl (C=O) groups is 1. The number of amides is 1. The van der Waals surface area contributed by atoms with Crippen LogP contribution in [-0.2, 0) is 18.3 Å². The quantitative estimate of drug-likeness (QED) is 0.666. The van der Waals surface area contributed by atoms with Gasteiger partial charge in [-0.15, -0.1) is 0 Å². The highest BCUT2D eigenvalue weighted by Crippen LogP contribution is 2.47. The molecule has 0 saturated carbocycles. The Bertz CT molecular complexity index is 921. The lowest BCUT2D eigenvalue weighted by atomic mass is 9.86. The van der Waals surface area contributed by atoms with E-state index in [0.29, 0.717) is 43.6 Å². The molecule has 6 nitrogen and oxygen atoms in total. The number of H-pyrrole nitrogens is 1. The van der Waals surface area contributed by atoms with E-state index in [9.17, 15) is 27.1 Å². The molecule has 4 rings (SSSR count). The number of fused-ring (bicyclic) bond motifs is 1. The molecule has 158 valence electrons. The molecule has 0 aliphatic carbocycles. The van der Waals surface area contributed by atoms with Crippen molar-refractivity contribution in [3.05, 3.63) is 52.3 Å². The first-order chi connectivity index (χ1) is 13.7. The molecule has 2 aliphatic rings. The van der Waals surface area contributed by atoms with E-state index in [2.05, 4.69) is 10.2 Å². The summed E-state index contributed by atoms with van der Waals surface area (Å²) in [6.07, 6.45) is -3.13. The average Bonchev–Trinajstić information content (AvgIpc) is 3.08. The second-order valence-electron chi connectivity index (χ2n) is 7.58. The van der Waals surface area contributed by atoms with Gasteiger partial charge in [-0.1, -0.05) is 18.2 Å². The van der Waals surface area contributed by atoms with Crippen LogP contribution in [0.4, 0.5) is 13.2 Å². The number of nitrogens with zero attached hydrogens (tertiary/aromatic N) is 2. The smallest absolute Gasteiger partial charge is 0.337 e. The fraction of sp³-hybridized carbons (Fsp3) is 0.474. The highest BCUT2D eigenvalue weighted by Gasteiger charge is 2.37. The minimum Gasteiger partial charge on any atom is -0.337 e. The molecular weight excluding hydrogens is 407 g/mol. The van der Waals surface area contributed by atoms with Crippen LogP contribution < -0.4 is 0 Å². The van der Waals surface area contributed by atoms with Gasteiger partial charge in [0.25, 0.3) is 5.91 Å². The van der Waals surface area contributed by atoms with Gasteiger partial charge in [-0.2, -0.15) is 28.9 Å². The number of alkyl halides is 3. The normalized spacial score (nSPS) is 20.9. The Kier molecular flexibility index (Phi) is 5.12. The van der Waals surface area contributed by atoms with Crippen LogP contribution in [-0.4, -0.2) is 49.0 Å². The predicted molar refractivity (Wildman–Crippen MR) is 103 cm³/mol. The molecule has 29 heavy (non-hydrogen) atoms. The summed E-state index contributed by atoms with van der Waals surface area (Å²) in [5.41, 5.74) is 1.25. The molecule has 0 unspecified atom stereocenters. The van der Waals surface area contributed by atoms with E-state index in [4.69, 9.17) is 0 Å². The Hall–Kier alpha value is -2.04.